The van der Waals surface area contributed by atoms with Gasteiger partial charge < -0.3 is 9.73 Å². The highest BCUT2D eigenvalue weighted by Gasteiger charge is 2.09. The van der Waals surface area contributed by atoms with Crippen molar-refractivity contribution in [3.63, 3.8) is 0 Å². The maximum Gasteiger partial charge on any atom is 0.324 e. The SMILES string of the molecule is Cc1nc2cc(NC(=O)Nc3cc(-c4ccncc4)[nH]n3)ccc2o1. The number of nitrogens with one attached hydrogen (secondary N) is 3. The Bertz CT molecular complexity index is 1040. The quantitative estimate of drug-likeness (QED) is 0.531. The van der Waals surface area contributed by atoms with Gasteiger partial charge in [-0.15, -0.1) is 0 Å². The van der Waals surface area contributed by atoms with E-state index in [0.717, 1.165) is 11.3 Å². The summed E-state index contributed by atoms with van der Waals surface area (Å²) in [6, 6.07) is 10.3. The molecule has 0 aliphatic carbocycles. The Labute approximate surface area is 142 Å². The first kappa shape index (κ1) is 14.9. The minimum absolute atomic E-state index is 0.396. The van der Waals surface area contributed by atoms with Crippen molar-refractivity contribution in [2.24, 2.45) is 0 Å². The predicted octanol–water partition coefficient (Wildman–Crippen LogP) is 3.57. The Morgan fingerprint density at radius 2 is 1.96 bits per heavy atom. The minimum Gasteiger partial charge on any atom is -0.441 e. The van der Waals surface area contributed by atoms with E-state index in [4.69, 9.17) is 4.42 Å². The first-order valence-corrected chi connectivity index (χ1v) is 7.58. The molecule has 4 rings (SSSR count). The maximum atomic E-state index is 12.1. The van der Waals surface area contributed by atoms with Crippen LogP contribution in [0.1, 0.15) is 5.89 Å². The van der Waals surface area contributed by atoms with Gasteiger partial charge in [0.2, 0.25) is 0 Å². The molecule has 8 nitrogen and oxygen atoms in total. The van der Waals surface area contributed by atoms with Crippen molar-refractivity contribution in [2.45, 2.75) is 6.92 Å². The molecule has 0 saturated carbocycles. The zero-order valence-electron chi connectivity index (χ0n) is 13.3. The molecular formula is C17H14N6O2. The molecule has 0 saturated heterocycles. The summed E-state index contributed by atoms with van der Waals surface area (Å²) in [6.07, 6.45) is 3.38. The van der Waals surface area contributed by atoms with Crippen molar-refractivity contribution < 1.29 is 9.21 Å². The second-order valence-corrected chi connectivity index (χ2v) is 5.40. The monoisotopic (exact) mass is 334 g/mol. The van der Waals surface area contributed by atoms with E-state index in [1.54, 1.807) is 43.6 Å². The summed E-state index contributed by atoms with van der Waals surface area (Å²) in [6.45, 7) is 1.78. The van der Waals surface area contributed by atoms with Crippen molar-refractivity contribution in [1.29, 1.82) is 0 Å². The van der Waals surface area contributed by atoms with E-state index in [2.05, 4.69) is 30.8 Å². The van der Waals surface area contributed by atoms with Gasteiger partial charge in [0, 0.05) is 36.6 Å². The van der Waals surface area contributed by atoms with Crippen LogP contribution >= 0.6 is 0 Å². The molecule has 0 atom stereocenters. The van der Waals surface area contributed by atoms with Crippen LogP contribution in [0.5, 0.6) is 0 Å². The van der Waals surface area contributed by atoms with Gasteiger partial charge in [0.05, 0.1) is 5.69 Å². The van der Waals surface area contributed by atoms with E-state index in [9.17, 15) is 4.79 Å². The van der Waals surface area contributed by atoms with Crippen LogP contribution in [0.25, 0.3) is 22.4 Å². The normalized spacial score (nSPS) is 10.8. The lowest BCUT2D eigenvalue weighted by Crippen LogP contribution is -2.19. The first-order chi connectivity index (χ1) is 12.2. The smallest absolute Gasteiger partial charge is 0.324 e. The number of hydrogen-bond donors (Lipinski definition) is 3. The molecule has 0 bridgehead atoms. The van der Waals surface area contributed by atoms with Crippen molar-refractivity contribution in [3.8, 4) is 11.3 Å². The second kappa shape index (κ2) is 6.08. The molecule has 0 aliphatic rings. The van der Waals surface area contributed by atoms with Gasteiger partial charge in [0.15, 0.2) is 17.3 Å². The fourth-order valence-electron chi connectivity index (χ4n) is 2.46. The molecule has 3 N–H and O–H groups in total. The number of hydrogen-bond acceptors (Lipinski definition) is 5. The van der Waals surface area contributed by atoms with Gasteiger partial charge in [-0.25, -0.2) is 9.78 Å². The molecule has 0 aliphatic heterocycles. The number of rotatable bonds is 3. The number of amides is 2. The first-order valence-electron chi connectivity index (χ1n) is 7.58. The summed E-state index contributed by atoms with van der Waals surface area (Å²) in [7, 11) is 0. The van der Waals surface area contributed by atoms with E-state index in [1.165, 1.54) is 0 Å². The summed E-state index contributed by atoms with van der Waals surface area (Å²) in [5, 5.41) is 12.4. The number of carbonyl (C=O) groups excluding carboxylic acids is 1. The van der Waals surface area contributed by atoms with Gasteiger partial charge in [-0.3, -0.25) is 15.4 Å². The second-order valence-electron chi connectivity index (χ2n) is 5.40. The van der Waals surface area contributed by atoms with Gasteiger partial charge in [-0.05, 0) is 30.3 Å². The summed E-state index contributed by atoms with van der Waals surface area (Å²) in [4.78, 5) is 20.4. The van der Waals surface area contributed by atoms with E-state index >= 15 is 0 Å². The predicted molar refractivity (Wildman–Crippen MR) is 93.2 cm³/mol. The van der Waals surface area contributed by atoms with Gasteiger partial charge in [-0.1, -0.05) is 0 Å². The number of anilines is 2. The van der Waals surface area contributed by atoms with Crippen LogP contribution in [0.3, 0.4) is 0 Å². The number of urea groups is 1. The Kier molecular flexibility index (Phi) is 3.62. The number of aromatic nitrogens is 4. The zero-order valence-corrected chi connectivity index (χ0v) is 13.3. The third-order valence-corrected chi connectivity index (χ3v) is 3.56. The fraction of sp³-hybridized carbons (Fsp3) is 0.0588. The summed E-state index contributed by atoms with van der Waals surface area (Å²) in [5.41, 5.74) is 3.70. The highest BCUT2D eigenvalue weighted by atomic mass is 16.3. The molecule has 4 aromatic rings. The third-order valence-electron chi connectivity index (χ3n) is 3.56. The molecule has 1 aromatic carbocycles. The largest absolute Gasteiger partial charge is 0.441 e. The molecule has 0 unspecified atom stereocenters. The van der Waals surface area contributed by atoms with Gasteiger partial charge in [0.25, 0.3) is 0 Å². The molecule has 124 valence electrons. The minimum atomic E-state index is -0.396. The highest BCUT2D eigenvalue weighted by molar-refractivity contribution is 6.00. The molecule has 3 heterocycles. The maximum absolute atomic E-state index is 12.1. The molecule has 8 heteroatoms. The fourth-order valence-corrected chi connectivity index (χ4v) is 2.46. The average molecular weight is 334 g/mol. The number of fused-ring (bicyclic) bond motifs is 1. The molecule has 25 heavy (non-hydrogen) atoms. The molecule has 0 radical (unpaired) electrons. The van der Waals surface area contributed by atoms with Gasteiger partial charge in [0.1, 0.15) is 5.52 Å². The van der Waals surface area contributed by atoms with E-state index < -0.39 is 6.03 Å². The van der Waals surface area contributed by atoms with Gasteiger partial charge in [-0.2, -0.15) is 5.10 Å². The summed E-state index contributed by atoms with van der Waals surface area (Å²) < 4.78 is 5.41. The third kappa shape index (κ3) is 3.18. The number of pyridine rings is 1. The average Bonchev–Trinajstić information content (AvgIpc) is 3.21. The Morgan fingerprint density at radius 1 is 1.12 bits per heavy atom. The number of oxazole rings is 1. The number of benzene rings is 1. The molecule has 0 spiro atoms. The van der Waals surface area contributed by atoms with Crippen molar-refractivity contribution in [3.05, 3.63) is 54.7 Å². The topological polar surface area (TPSA) is 109 Å². The lowest BCUT2D eigenvalue weighted by atomic mass is 10.2. The lowest BCUT2D eigenvalue weighted by Gasteiger charge is -2.04. The molecule has 3 aromatic heterocycles. The Morgan fingerprint density at radius 3 is 2.80 bits per heavy atom. The number of aromatic amines is 1. The highest BCUT2D eigenvalue weighted by Crippen LogP contribution is 2.21. The van der Waals surface area contributed by atoms with Crippen LogP contribution in [0, 0.1) is 6.92 Å². The van der Waals surface area contributed by atoms with Crippen LogP contribution < -0.4 is 10.6 Å². The molecular weight excluding hydrogens is 320 g/mol. The zero-order chi connectivity index (χ0) is 17.2. The van der Waals surface area contributed by atoms with Crippen molar-refractivity contribution in [1.82, 2.24) is 20.2 Å². The van der Waals surface area contributed by atoms with Crippen LogP contribution in [0.2, 0.25) is 0 Å². The van der Waals surface area contributed by atoms with Crippen LogP contribution in [-0.4, -0.2) is 26.2 Å². The van der Waals surface area contributed by atoms with E-state index in [1.807, 2.05) is 12.1 Å². The molecule has 2 amide bonds. The summed E-state index contributed by atoms with van der Waals surface area (Å²) in [5.74, 6) is 0.999. The number of H-pyrrole nitrogens is 1. The lowest BCUT2D eigenvalue weighted by molar-refractivity contribution is 0.262. The standard InChI is InChI=1S/C17H14N6O2/c1-10-19-14-8-12(2-3-15(14)25-10)20-17(24)21-16-9-13(22-23-16)11-4-6-18-7-5-11/h2-9H,1H3,(H3,20,21,22,23,24). The number of nitrogens with zero attached hydrogens (tertiary/aromatic N) is 3. The van der Waals surface area contributed by atoms with Gasteiger partial charge >= 0.3 is 6.03 Å². The van der Waals surface area contributed by atoms with Crippen LogP contribution in [-0.2, 0) is 0 Å². The number of carbonyl (C=O) groups is 1. The Balaban J connectivity index is 1.45. The molecule has 0 fully saturated rings. The van der Waals surface area contributed by atoms with Crippen molar-refractivity contribution in [2.75, 3.05) is 10.6 Å². The number of aryl methyl sites for hydroxylation is 1. The van der Waals surface area contributed by atoms with Crippen LogP contribution in [0.15, 0.2) is 53.2 Å². The van der Waals surface area contributed by atoms with Crippen LogP contribution in [0.4, 0.5) is 16.3 Å². The summed E-state index contributed by atoms with van der Waals surface area (Å²) >= 11 is 0. The van der Waals surface area contributed by atoms with E-state index in [0.29, 0.717) is 28.5 Å². The Hall–Kier alpha value is -3.68. The van der Waals surface area contributed by atoms with E-state index in [-0.39, 0.29) is 0 Å². The van der Waals surface area contributed by atoms with Crippen molar-refractivity contribution >= 4 is 28.6 Å².